The third kappa shape index (κ3) is 7.35. The van der Waals surface area contributed by atoms with E-state index in [-0.39, 0.29) is 67.1 Å². The summed E-state index contributed by atoms with van der Waals surface area (Å²) >= 11 is 0. The number of carbonyl (C=O) groups is 6. The van der Waals surface area contributed by atoms with Gasteiger partial charge in [0.1, 0.15) is 11.6 Å². The van der Waals surface area contributed by atoms with E-state index in [1.165, 1.54) is 13.8 Å². The number of ether oxygens (including phenoxy) is 1. The Morgan fingerprint density at radius 3 is 2.37 bits per heavy atom. The number of Topliss-reactive ketones (excluding diaryl/α,β-unsaturated/α-hetero) is 1. The zero-order valence-electron chi connectivity index (χ0n) is 29.5. The van der Waals surface area contributed by atoms with Gasteiger partial charge in [-0.3, -0.25) is 24.0 Å². The molecule has 0 aromatic carbocycles. The molecule has 0 aromatic rings. The first-order chi connectivity index (χ1) is 22.7. The number of rotatable bonds is 13. The van der Waals surface area contributed by atoms with E-state index < -0.39 is 70.8 Å². The second kappa shape index (κ2) is 14.2. The van der Waals surface area contributed by atoms with E-state index >= 15 is 0 Å². The molecule has 4 aliphatic rings. The van der Waals surface area contributed by atoms with E-state index in [9.17, 15) is 44.1 Å². The summed E-state index contributed by atoms with van der Waals surface area (Å²) in [6, 6.07) is -0.992. The molecule has 4 rings (SSSR count). The minimum absolute atomic E-state index is 0.0235. The molecule has 4 aliphatic carbocycles. The van der Waals surface area contributed by atoms with Crippen LogP contribution in [0.15, 0.2) is 11.6 Å². The second-order valence-electron chi connectivity index (χ2n) is 16.3. The van der Waals surface area contributed by atoms with Gasteiger partial charge in [0.05, 0.1) is 12.5 Å². The van der Waals surface area contributed by atoms with Crippen LogP contribution < -0.4 is 10.6 Å². The maximum Gasteiger partial charge on any atom is 0.333 e. The van der Waals surface area contributed by atoms with Crippen LogP contribution in [-0.2, 0) is 33.5 Å². The van der Waals surface area contributed by atoms with Crippen molar-refractivity contribution in [1.82, 2.24) is 10.6 Å². The zero-order chi connectivity index (χ0) is 36.7. The van der Waals surface area contributed by atoms with Gasteiger partial charge in [-0.15, -0.1) is 0 Å². The van der Waals surface area contributed by atoms with E-state index in [0.717, 1.165) is 18.4 Å². The molecule has 0 saturated heterocycles. The van der Waals surface area contributed by atoms with Gasteiger partial charge in [-0.1, -0.05) is 47.1 Å². The van der Waals surface area contributed by atoms with Gasteiger partial charge in [0.15, 0.2) is 18.5 Å². The van der Waals surface area contributed by atoms with Crippen molar-refractivity contribution < 1.29 is 53.9 Å². The van der Waals surface area contributed by atoms with E-state index in [1.54, 1.807) is 19.9 Å². The Bertz CT molecular complexity index is 1390. The van der Waals surface area contributed by atoms with Crippen LogP contribution in [0.4, 0.5) is 0 Å². The summed E-state index contributed by atoms with van der Waals surface area (Å²) in [5.74, 6) is -4.32. The highest BCUT2D eigenvalue weighted by atomic mass is 16.5. The number of aliphatic hydroxyl groups excluding tert-OH is 2. The number of carboxylic acids is 1. The van der Waals surface area contributed by atoms with Gasteiger partial charge >= 0.3 is 11.9 Å². The topological polar surface area (TPSA) is 217 Å². The Balaban J connectivity index is 1.30. The molecule has 13 nitrogen and oxygen atoms in total. The standard InChI is InChI=1S/C36H54N2O11/c1-19(2)29(31(45)37-18-33(3,4)30(44)32(46)47)38-26(42)9-10-27(43)49-17-25(41)36(48)14-12-23-22-8-7-20-15-21(39)11-13-34(20,5)28(22)24(40)16-35(23,36)6/h15,19,22-24,28-30,40,44,48H,7-14,16-18H2,1-6H3,(H,37,45)(H,38,42)(H,46,47)/t22-,23-,24+,28+,29+,30+,34+,35+,36-/m1/s1. The van der Waals surface area contributed by atoms with Gasteiger partial charge in [0, 0.05) is 30.2 Å². The summed E-state index contributed by atoms with van der Waals surface area (Å²) in [4.78, 5) is 74.9. The molecule has 0 radical (unpaired) electrons. The summed E-state index contributed by atoms with van der Waals surface area (Å²) in [5.41, 5.74) is -3.10. The number of esters is 1. The molecular weight excluding hydrogens is 636 g/mol. The summed E-state index contributed by atoms with van der Waals surface area (Å²) in [7, 11) is 0. The molecule has 49 heavy (non-hydrogen) atoms. The highest BCUT2D eigenvalue weighted by molar-refractivity contribution is 5.93. The molecule has 0 heterocycles. The monoisotopic (exact) mass is 690 g/mol. The van der Waals surface area contributed by atoms with Crippen LogP contribution in [0.2, 0.25) is 0 Å². The van der Waals surface area contributed by atoms with Crippen molar-refractivity contribution in [3.8, 4) is 0 Å². The first-order valence-corrected chi connectivity index (χ1v) is 17.5. The molecule has 0 spiro atoms. The molecule has 0 aromatic heterocycles. The maximum atomic E-state index is 13.5. The number of aliphatic hydroxyl groups is 3. The number of amides is 2. The summed E-state index contributed by atoms with van der Waals surface area (Å²) in [6.07, 6.45) is 2.21. The number of fused-ring (bicyclic) bond motifs is 5. The summed E-state index contributed by atoms with van der Waals surface area (Å²) < 4.78 is 5.22. The quantitative estimate of drug-likeness (QED) is 0.153. The lowest BCUT2D eigenvalue weighted by Crippen LogP contribution is -2.62. The van der Waals surface area contributed by atoms with Crippen molar-refractivity contribution in [3.05, 3.63) is 11.6 Å². The average molecular weight is 691 g/mol. The van der Waals surface area contributed by atoms with Gasteiger partial charge in [0.2, 0.25) is 17.6 Å². The van der Waals surface area contributed by atoms with Crippen LogP contribution in [-0.4, -0.2) is 92.7 Å². The number of hydrogen-bond donors (Lipinski definition) is 6. The molecule has 6 N–H and O–H groups in total. The normalized spacial score (nSPS) is 33.7. The lowest BCUT2D eigenvalue weighted by atomic mass is 9.45. The van der Waals surface area contributed by atoms with Crippen molar-refractivity contribution in [1.29, 1.82) is 0 Å². The number of nitrogens with one attached hydrogen (secondary N) is 2. The maximum absolute atomic E-state index is 13.5. The number of carboxylic acid groups (broad SMARTS) is 1. The number of ketones is 2. The Labute approximate surface area is 287 Å². The van der Waals surface area contributed by atoms with E-state index in [0.29, 0.717) is 19.3 Å². The summed E-state index contributed by atoms with van der Waals surface area (Å²) in [5, 5.41) is 47.6. The van der Waals surface area contributed by atoms with Crippen LogP contribution in [0, 0.1) is 39.9 Å². The van der Waals surface area contributed by atoms with Crippen LogP contribution in [0.25, 0.3) is 0 Å². The Kier molecular flexibility index (Phi) is 11.2. The first-order valence-electron chi connectivity index (χ1n) is 17.5. The minimum Gasteiger partial charge on any atom is -0.479 e. The number of aliphatic carboxylic acids is 1. The lowest BCUT2D eigenvalue weighted by molar-refractivity contribution is -0.184. The second-order valence-corrected chi connectivity index (χ2v) is 16.3. The van der Waals surface area contributed by atoms with Gasteiger partial charge < -0.3 is 35.8 Å². The molecule has 2 amide bonds. The van der Waals surface area contributed by atoms with Gasteiger partial charge in [0.25, 0.3) is 0 Å². The first kappa shape index (κ1) is 38.6. The number of carbonyl (C=O) groups excluding carboxylic acids is 5. The van der Waals surface area contributed by atoms with E-state index in [1.807, 2.05) is 6.92 Å². The largest absolute Gasteiger partial charge is 0.479 e. The molecule has 274 valence electrons. The molecular formula is C36H54N2O11. The number of hydrogen-bond acceptors (Lipinski definition) is 10. The van der Waals surface area contributed by atoms with Crippen LogP contribution in [0.3, 0.4) is 0 Å². The fraction of sp³-hybridized carbons (Fsp3) is 0.778. The third-order valence-electron chi connectivity index (χ3n) is 12.4. The Morgan fingerprint density at radius 1 is 1.06 bits per heavy atom. The third-order valence-corrected chi connectivity index (χ3v) is 12.4. The van der Waals surface area contributed by atoms with E-state index in [2.05, 4.69) is 17.6 Å². The SMILES string of the molecule is CC(C)[C@H](NC(=O)CCC(=O)OCC(=O)[C@]1(O)CC[C@@H]2[C@H]3CCC4=CC(=O)CC[C@]4(C)[C@@H]3[C@@H](O)C[C@@]21C)C(=O)NCC(C)(C)[C@@H](O)C(=O)O. The van der Waals surface area contributed by atoms with E-state index in [4.69, 9.17) is 9.84 Å². The molecule has 0 bridgehead atoms. The van der Waals surface area contributed by atoms with Crippen molar-refractivity contribution in [2.75, 3.05) is 13.2 Å². The smallest absolute Gasteiger partial charge is 0.333 e. The van der Waals surface area contributed by atoms with Crippen molar-refractivity contribution in [2.24, 2.45) is 39.9 Å². The fourth-order valence-corrected chi connectivity index (χ4v) is 9.34. The van der Waals surface area contributed by atoms with Crippen molar-refractivity contribution in [2.45, 2.75) is 123 Å². The lowest BCUT2D eigenvalue weighted by Gasteiger charge is -2.60. The Morgan fingerprint density at radius 2 is 1.73 bits per heavy atom. The molecule has 13 heteroatoms. The van der Waals surface area contributed by atoms with Crippen molar-refractivity contribution >= 4 is 35.3 Å². The van der Waals surface area contributed by atoms with Crippen LogP contribution in [0.5, 0.6) is 0 Å². The molecule has 0 unspecified atom stereocenters. The predicted octanol–water partition coefficient (Wildman–Crippen LogP) is 1.84. The molecule has 3 saturated carbocycles. The zero-order valence-corrected chi connectivity index (χ0v) is 29.5. The van der Waals surface area contributed by atoms with Gasteiger partial charge in [-0.25, -0.2) is 4.79 Å². The highest BCUT2D eigenvalue weighted by Gasteiger charge is 2.68. The fourth-order valence-electron chi connectivity index (χ4n) is 9.34. The minimum atomic E-state index is -1.80. The average Bonchev–Trinajstić information content (AvgIpc) is 3.30. The number of allylic oxidation sites excluding steroid dienone is 1. The van der Waals surface area contributed by atoms with Crippen molar-refractivity contribution in [3.63, 3.8) is 0 Å². The Hall–Kier alpha value is -3.16. The van der Waals surface area contributed by atoms with Gasteiger partial charge in [-0.2, -0.15) is 0 Å². The van der Waals surface area contributed by atoms with Gasteiger partial charge in [-0.05, 0) is 73.7 Å². The summed E-state index contributed by atoms with van der Waals surface area (Å²) in [6.45, 7) is 9.51. The highest BCUT2D eigenvalue weighted by Crippen LogP contribution is 2.67. The molecule has 3 fully saturated rings. The molecule has 9 atom stereocenters. The van der Waals surface area contributed by atoms with Crippen LogP contribution >= 0.6 is 0 Å². The van der Waals surface area contributed by atoms with Crippen LogP contribution in [0.1, 0.15) is 99.3 Å². The molecule has 0 aliphatic heterocycles. The predicted molar refractivity (Wildman–Crippen MR) is 175 cm³/mol.